The molecule has 0 heterocycles. The van der Waals surface area contributed by atoms with Crippen molar-refractivity contribution in [2.75, 3.05) is 20.3 Å². The van der Waals surface area contributed by atoms with E-state index in [0.29, 0.717) is 11.5 Å². The van der Waals surface area contributed by atoms with Crippen molar-refractivity contribution in [2.45, 2.75) is 52.0 Å². The summed E-state index contributed by atoms with van der Waals surface area (Å²) in [5.41, 5.74) is 3.31. The Morgan fingerprint density at radius 3 is 2.60 bits per heavy atom. The maximum absolute atomic E-state index is 5.19. The van der Waals surface area contributed by atoms with Crippen LogP contribution < -0.4 is 5.32 Å². The first-order chi connectivity index (χ1) is 9.52. The van der Waals surface area contributed by atoms with E-state index in [-0.39, 0.29) is 0 Å². The molecule has 2 heteroatoms. The van der Waals surface area contributed by atoms with Gasteiger partial charge >= 0.3 is 0 Å². The van der Waals surface area contributed by atoms with Gasteiger partial charge < -0.3 is 10.1 Å². The Kier molecular flexibility index (Phi) is 5.22. The second-order valence-corrected chi connectivity index (χ2v) is 7.01. The Labute approximate surface area is 123 Å². The van der Waals surface area contributed by atoms with Crippen molar-refractivity contribution >= 4 is 0 Å². The molecule has 0 saturated heterocycles. The van der Waals surface area contributed by atoms with E-state index in [1.807, 2.05) is 0 Å². The summed E-state index contributed by atoms with van der Waals surface area (Å²) in [6.45, 7) is 8.80. The Hall–Kier alpha value is -0.860. The van der Waals surface area contributed by atoms with Crippen LogP contribution in [0.5, 0.6) is 0 Å². The molecule has 112 valence electrons. The maximum atomic E-state index is 5.19. The van der Waals surface area contributed by atoms with Gasteiger partial charge in [0.25, 0.3) is 0 Å². The lowest BCUT2D eigenvalue weighted by Crippen LogP contribution is -2.44. The number of benzene rings is 1. The van der Waals surface area contributed by atoms with Gasteiger partial charge in [-0.1, -0.05) is 38.1 Å². The van der Waals surface area contributed by atoms with Gasteiger partial charge in [-0.2, -0.15) is 0 Å². The molecule has 0 amide bonds. The highest BCUT2D eigenvalue weighted by Gasteiger charge is 2.31. The van der Waals surface area contributed by atoms with E-state index in [4.69, 9.17) is 4.74 Å². The Bertz CT molecular complexity index is 421. The summed E-state index contributed by atoms with van der Waals surface area (Å²) in [5, 5.41) is 3.73. The first kappa shape index (κ1) is 15.5. The van der Waals surface area contributed by atoms with Gasteiger partial charge in [0.2, 0.25) is 0 Å². The van der Waals surface area contributed by atoms with Crippen LogP contribution in [0.2, 0.25) is 0 Å². The van der Waals surface area contributed by atoms with E-state index in [2.05, 4.69) is 50.4 Å². The monoisotopic (exact) mass is 275 g/mol. The molecular weight excluding hydrogens is 246 g/mol. The highest BCUT2D eigenvalue weighted by molar-refractivity contribution is 5.31. The summed E-state index contributed by atoms with van der Waals surface area (Å²) in [4.78, 5) is 0. The molecule has 0 bridgehead atoms. The third kappa shape index (κ3) is 4.07. The van der Waals surface area contributed by atoms with E-state index in [1.165, 1.54) is 18.4 Å². The molecule has 0 unspecified atom stereocenters. The Morgan fingerprint density at radius 2 is 1.95 bits per heavy atom. The average Bonchev–Trinajstić information content (AvgIpc) is 2.36. The number of aryl methyl sites for hydroxylation is 1. The number of nitrogens with one attached hydrogen (secondary N) is 1. The molecule has 1 aromatic carbocycles. The maximum Gasteiger partial charge on any atom is 0.0467 e. The number of hydrogen-bond donors (Lipinski definition) is 1. The van der Waals surface area contributed by atoms with Crippen LogP contribution in [0.25, 0.3) is 0 Å². The highest BCUT2D eigenvalue weighted by Crippen LogP contribution is 2.38. The van der Waals surface area contributed by atoms with Crippen molar-refractivity contribution in [3.05, 3.63) is 35.4 Å². The van der Waals surface area contributed by atoms with Crippen LogP contribution in [0, 0.1) is 12.3 Å². The summed E-state index contributed by atoms with van der Waals surface area (Å²) in [6, 6.07) is 9.51. The van der Waals surface area contributed by atoms with Crippen molar-refractivity contribution in [1.82, 2.24) is 5.32 Å². The van der Waals surface area contributed by atoms with Gasteiger partial charge in [0.1, 0.15) is 0 Å². The lowest BCUT2D eigenvalue weighted by Gasteiger charge is -2.39. The number of hydrogen-bond acceptors (Lipinski definition) is 2. The first-order valence-corrected chi connectivity index (χ1v) is 7.80. The second-order valence-electron chi connectivity index (χ2n) is 7.01. The topological polar surface area (TPSA) is 21.3 Å². The highest BCUT2D eigenvalue weighted by atomic mass is 16.5. The van der Waals surface area contributed by atoms with E-state index in [9.17, 15) is 0 Å². The molecule has 0 spiro atoms. The van der Waals surface area contributed by atoms with Crippen LogP contribution >= 0.6 is 0 Å². The third-order valence-electron chi connectivity index (χ3n) is 4.62. The van der Waals surface area contributed by atoms with Crippen LogP contribution in [0.15, 0.2) is 24.3 Å². The van der Waals surface area contributed by atoms with Crippen molar-refractivity contribution in [3.63, 3.8) is 0 Å². The summed E-state index contributed by atoms with van der Waals surface area (Å²) >= 11 is 0. The summed E-state index contributed by atoms with van der Waals surface area (Å²) in [7, 11) is 1.78. The van der Waals surface area contributed by atoms with Gasteiger partial charge in [0, 0.05) is 26.3 Å². The average molecular weight is 275 g/mol. The van der Waals surface area contributed by atoms with Crippen LogP contribution in [-0.2, 0) is 4.74 Å². The largest absolute Gasteiger partial charge is 0.385 e. The molecule has 1 fully saturated rings. The fourth-order valence-corrected chi connectivity index (χ4v) is 2.97. The van der Waals surface area contributed by atoms with E-state index in [0.717, 1.165) is 25.5 Å². The van der Waals surface area contributed by atoms with Gasteiger partial charge in [0.15, 0.2) is 0 Å². The summed E-state index contributed by atoms with van der Waals surface area (Å²) in [6.07, 6.45) is 3.68. The van der Waals surface area contributed by atoms with Crippen LogP contribution in [0.1, 0.15) is 50.2 Å². The number of rotatable bonds is 7. The summed E-state index contributed by atoms with van der Waals surface area (Å²) in [5.74, 6) is 0.760. The van der Waals surface area contributed by atoms with E-state index >= 15 is 0 Å². The van der Waals surface area contributed by atoms with Crippen molar-refractivity contribution in [3.8, 4) is 0 Å². The van der Waals surface area contributed by atoms with Crippen molar-refractivity contribution < 1.29 is 4.74 Å². The molecule has 0 atom stereocenters. The fourth-order valence-electron chi connectivity index (χ4n) is 2.97. The molecule has 1 aliphatic rings. The molecule has 0 radical (unpaired) electrons. The lowest BCUT2D eigenvalue weighted by molar-refractivity contribution is 0.144. The minimum absolute atomic E-state index is 0.323. The normalized spacial score (nSPS) is 22.6. The molecule has 1 aliphatic carbocycles. The van der Waals surface area contributed by atoms with Crippen LogP contribution in [0.3, 0.4) is 0 Å². The zero-order valence-electron chi connectivity index (χ0n) is 13.4. The zero-order valence-corrected chi connectivity index (χ0v) is 13.4. The molecule has 2 nitrogen and oxygen atoms in total. The summed E-state index contributed by atoms with van der Waals surface area (Å²) < 4.78 is 5.19. The van der Waals surface area contributed by atoms with Crippen molar-refractivity contribution in [2.24, 2.45) is 5.41 Å². The van der Waals surface area contributed by atoms with Crippen molar-refractivity contribution in [1.29, 1.82) is 0 Å². The van der Waals surface area contributed by atoms with Crippen LogP contribution in [0.4, 0.5) is 0 Å². The number of methoxy groups -OCH3 is 1. The predicted molar refractivity (Wildman–Crippen MR) is 85.2 cm³/mol. The van der Waals surface area contributed by atoms with E-state index < -0.39 is 0 Å². The van der Waals surface area contributed by atoms with Gasteiger partial charge in [-0.25, -0.2) is 0 Å². The molecule has 1 saturated carbocycles. The van der Waals surface area contributed by atoms with Gasteiger partial charge in [0.05, 0.1) is 0 Å². The van der Waals surface area contributed by atoms with Gasteiger partial charge in [-0.3, -0.25) is 0 Å². The quantitative estimate of drug-likeness (QED) is 0.815. The Morgan fingerprint density at radius 1 is 1.25 bits per heavy atom. The lowest BCUT2D eigenvalue weighted by atomic mass is 9.74. The minimum Gasteiger partial charge on any atom is -0.385 e. The SMILES string of the molecule is COCCC(C)(C)CNC1CC(c2ccccc2C)C1. The van der Waals surface area contributed by atoms with Gasteiger partial charge in [-0.15, -0.1) is 0 Å². The zero-order chi connectivity index (χ0) is 14.6. The molecular formula is C18H29NO. The first-order valence-electron chi connectivity index (χ1n) is 7.80. The molecule has 0 aliphatic heterocycles. The van der Waals surface area contributed by atoms with E-state index in [1.54, 1.807) is 12.7 Å². The second kappa shape index (κ2) is 6.73. The predicted octanol–water partition coefficient (Wildman–Crippen LogP) is 3.89. The third-order valence-corrected chi connectivity index (χ3v) is 4.62. The molecule has 1 aromatic rings. The smallest absolute Gasteiger partial charge is 0.0467 e. The molecule has 2 rings (SSSR count). The molecule has 0 aromatic heterocycles. The minimum atomic E-state index is 0.323. The van der Waals surface area contributed by atoms with Gasteiger partial charge in [-0.05, 0) is 48.6 Å². The number of ether oxygens (including phenoxy) is 1. The van der Waals surface area contributed by atoms with Crippen LogP contribution in [-0.4, -0.2) is 26.3 Å². The standard InChI is InChI=1S/C18H29NO/c1-14-7-5-6-8-17(14)15-11-16(12-15)19-13-18(2,3)9-10-20-4/h5-8,15-16,19H,9-13H2,1-4H3. The molecule has 1 N–H and O–H groups in total. The Balaban J connectivity index is 1.73. The fraction of sp³-hybridized carbons (Fsp3) is 0.667. The molecule has 20 heavy (non-hydrogen) atoms.